The lowest BCUT2D eigenvalue weighted by Crippen LogP contribution is -2.00. The van der Waals surface area contributed by atoms with Gasteiger partial charge in [0.2, 0.25) is 0 Å². The molecule has 0 unspecified atom stereocenters. The highest BCUT2D eigenvalue weighted by Crippen LogP contribution is 2.25. The predicted octanol–water partition coefficient (Wildman–Crippen LogP) is 4.61. The Balaban J connectivity index is 0.000000500. The molecule has 0 aliphatic heterocycles. The van der Waals surface area contributed by atoms with Crippen LogP contribution in [0.1, 0.15) is 31.1 Å². The van der Waals surface area contributed by atoms with Gasteiger partial charge in [0.05, 0.1) is 23.1 Å². The summed E-state index contributed by atoms with van der Waals surface area (Å²) in [7, 11) is 1.68. The Morgan fingerprint density at radius 1 is 1.08 bits per heavy atom. The quantitative estimate of drug-likeness (QED) is 0.549. The van der Waals surface area contributed by atoms with Gasteiger partial charge in [-0.05, 0) is 31.2 Å². The molecule has 138 valence electrons. The molecule has 0 atom stereocenters. The molecule has 26 heavy (non-hydrogen) atoms. The summed E-state index contributed by atoms with van der Waals surface area (Å²) in [6.07, 6.45) is 2.40. The van der Waals surface area contributed by atoms with Gasteiger partial charge in [0.1, 0.15) is 0 Å². The van der Waals surface area contributed by atoms with Crippen LogP contribution >= 0.6 is 0 Å². The molecule has 3 rings (SSSR count). The van der Waals surface area contributed by atoms with Crippen molar-refractivity contribution in [3.05, 3.63) is 66.4 Å². The van der Waals surface area contributed by atoms with Gasteiger partial charge in [0, 0.05) is 25.0 Å². The van der Waals surface area contributed by atoms with Gasteiger partial charge in [0.25, 0.3) is 0 Å². The molecule has 5 heteroatoms. The van der Waals surface area contributed by atoms with Crippen molar-refractivity contribution in [3.63, 3.8) is 0 Å². The van der Waals surface area contributed by atoms with Gasteiger partial charge < -0.3 is 10.5 Å². The van der Waals surface area contributed by atoms with Crippen molar-refractivity contribution in [1.29, 1.82) is 0 Å². The number of carbonyl (C=O) groups is 1. The number of ether oxygens (including phenoxy) is 1. The minimum absolute atomic E-state index is 0.563. The molecule has 1 aromatic heterocycles. The third-order valence-corrected chi connectivity index (χ3v) is 3.40. The van der Waals surface area contributed by atoms with Crippen molar-refractivity contribution in [2.75, 3.05) is 19.5 Å². The normalized spacial score (nSPS) is 9.38. The van der Waals surface area contributed by atoms with E-state index in [1.54, 1.807) is 18.0 Å². The topological polar surface area (TPSA) is 70.1 Å². The Bertz CT molecular complexity index is 764. The fourth-order valence-corrected chi connectivity index (χ4v) is 2.14. The number of rotatable bonds is 4. The van der Waals surface area contributed by atoms with Crippen LogP contribution in [-0.2, 0) is 4.74 Å². The summed E-state index contributed by atoms with van der Waals surface area (Å²) in [6, 6.07) is 17.1. The molecule has 0 radical (unpaired) electrons. The van der Waals surface area contributed by atoms with Crippen LogP contribution in [0.4, 0.5) is 5.69 Å². The van der Waals surface area contributed by atoms with Gasteiger partial charge in [0.15, 0.2) is 6.29 Å². The highest BCUT2D eigenvalue weighted by molar-refractivity contribution is 5.86. The van der Waals surface area contributed by atoms with E-state index in [9.17, 15) is 4.79 Å². The number of nitrogens with zero attached hydrogens (tertiary/aromatic N) is 2. The number of carbonyl (C=O) groups excluding carboxylic acids is 1. The lowest BCUT2D eigenvalue weighted by molar-refractivity contribution is 0.112. The second kappa shape index (κ2) is 11.6. The zero-order chi connectivity index (χ0) is 19.4. The third-order valence-electron chi connectivity index (χ3n) is 3.40. The van der Waals surface area contributed by atoms with E-state index < -0.39 is 0 Å². The Labute approximate surface area is 155 Å². The number of aldehydes is 1. The summed E-state index contributed by atoms with van der Waals surface area (Å²) in [5.74, 6) is 0. The average molecular weight is 353 g/mol. The standard InChI is InChI=1S/C16H13N3O.C3H8O.C2H6/c17-14-6-8-15(9-7-14)19-16(13(11-20)10-18-19)12-4-2-1-3-5-12;1-3-4-2;1-2/h1-11H,17H2;3H2,1-2H3;1-2H3. The van der Waals surface area contributed by atoms with Gasteiger partial charge in [-0.1, -0.05) is 44.2 Å². The molecule has 2 N–H and O–H groups in total. The van der Waals surface area contributed by atoms with Crippen molar-refractivity contribution >= 4 is 12.0 Å². The van der Waals surface area contributed by atoms with Crippen LogP contribution in [0.25, 0.3) is 16.9 Å². The summed E-state index contributed by atoms with van der Waals surface area (Å²) < 4.78 is 6.29. The fourth-order valence-electron chi connectivity index (χ4n) is 2.14. The highest BCUT2D eigenvalue weighted by atomic mass is 16.5. The van der Waals surface area contributed by atoms with Gasteiger partial charge in [-0.25, -0.2) is 4.68 Å². The molecule has 0 bridgehead atoms. The molecule has 3 aromatic rings. The molecule has 5 nitrogen and oxygen atoms in total. The van der Waals surface area contributed by atoms with Crippen LogP contribution < -0.4 is 5.73 Å². The lowest BCUT2D eigenvalue weighted by Gasteiger charge is -2.08. The monoisotopic (exact) mass is 353 g/mol. The van der Waals surface area contributed by atoms with E-state index in [0.717, 1.165) is 29.8 Å². The van der Waals surface area contributed by atoms with Gasteiger partial charge in [-0.15, -0.1) is 0 Å². The summed E-state index contributed by atoms with van der Waals surface area (Å²) in [5, 5.41) is 4.31. The van der Waals surface area contributed by atoms with Crippen molar-refractivity contribution in [3.8, 4) is 16.9 Å². The number of aromatic nitrogens is 2. The number of hydrogen-bond donors (Lipinski definition) is 1. The molecule has 0 spiro atoms. The number of methoxy groups -OCH3 is 1. The van der Waals surface area contributed by atoms with Crippen LogP contribution in [0.15, 0.2) is 60.8 Å². The number of nitrogen functional groups attached to an aromatic ring is 1. The molecule has 0 saturated carbocycles. The first-order valence-electron chi connectivity index (χ1n) is 8.64. The zero-order valence-corrected chi connectivity index (χ0v) is 15.8. The van der Waals surface area contributed by atoms with E-state index in [2.05, 4.69) is 9.84 Å². The minimum Gasteiger partial charge on any atom is -0.399 e. The summed E-state index contributed by atoms with van der Waals surface area (Å²) in [5.41, 5.74) is 9.55. The molecule has 0 aliphatic rings. The molecule has 0 aliphatic carbocycles. The van der Waals surface area contributed by atoms with E-state index in [-0.39, 0.29) is 0 Å². The Morgan fingerprint density at radius 3 is 2.15 bits per heavy atom. The Morgan fingerprint density at radius 2 is 1.65 bits per heavy atom. The first kappa shape index (κ1) is 21.1. The Kier molecular flexibility index (Phi) is 9.43. The van der Waals surface area contributed by atoms with Gasteiger partial charge in [-0.3, -0.25) is 4.79 Å². The van der Waals surface area contributed by atoms with Crippen molar-refractivity contribution in [1.82, 2.24) is 9.78 Å². The number of hydrogen-bond acceptors (Lipinski definition) is 4. The maximum Gasteiger partial charge on any atom is 0.153 e. The van der Waals surface area contributed by atoms with Crippen LogP contribution in [0.5, 0.6) is 0 Å². The maximum absolute atomic E-state index is 11.2. The van der Waals surface area contributed by atoms with Crippen molar-refractivity contribution in [2.24, 2.45) is 0 Å². The van der Waals surface area contributed by atoms with Gasteiger partial charge >= 0.3 is 0 Å². The molecule has 0 fully saturated rings. The first-order chi connectivity index (χ1) is 12.7. The molecular formula is C21H27N3O2. The average Bonchev–Trinajstić information content (AvgIpc) is 3.15. The summed E-state index contributed by atoms with van der Waals surface area (Å²) >= 11 is 0. The second-order valence-corrected chi connectivity index (χ2v) is 5.01. The summed E-state index contributed by atoms with van der Waals surface area (Å²) in [4.78, 5) is 11.2. The number of anilines is 1. The molecule has 0 amide bonds. The summed E-state index contributed by atoms with van der Waals surface area (Å²) in [6.45, 7) is 6.78. The van der Waals surface area contributed by atoms with Crippen molar-refractivity contribution in [2.45, 2.75) is 20.8 Å². The molecule has 0 saturated heterocycles. The van der Waals surface area contributed by atoms with E-state index in [1.807, 2.05) is 75.4 Å². The highest BCUT2D eigenvalue weighted by Gasteiger charge is 2.13. The lowest BCUT2D eigenvalue weighted by atomic mass is 10.1. The van der Waals surface area contributed by atoms with Crippen LogP contribution in [0.3, 0.4) is 0 Å². The zero-order valence-electron chi connectivity index (χ0n) is 15.8. The fraction of sp³-hybridized carbons (Fsp3) is 0.238. The van der Waals surface area contributed by atoms with Crippen molar-refractivity contribution < 1.29 is 9.53 Å². The SMILES string of the molecule is CC.CCOC.Nc1ccc(-n2ncc(C=O)c2-c2ccccc2)cc1. The number of benzene rings is 2. The van der Waals surface area contributed by atoms with E-state index >= 15 is 0 Å². The smallest absolute Gasteiger partial charge is 0.153 e. The first-order valence-corrected chi connectivity index (χ1v) is 8.64. The number of nitrogens with two attached hydrogens (primary N) is 1. The van der Waals surface area contributed by atoms with Crippen LogP contribution in [-0.4, -0.2) is 29.8 Å². The van der Waals surface area contributed by atoms with Crippen LogP contribution in [0, 0.1) is 0 Å². The van der Waals surface area contributed by atoms with E-state index in [0.29, 0.717) is 11.3 Å². The molecule has 2 aromatic carbocycles. The third kappa shape index (κ3) is 5.57. The Hall–Kier alpha value is -2.92. The molecular weight excluding hydrogens is 326 g/mol. The van der Waals surface area contributed by atoms with E-state index in [1.165, 1.54) is 0 Å². The largest absolute Gasteiger partial charge is 0.399 e. The van der Waals surface area contributed by atoms with Crippen LogP contribution in [0.2, 0.25) is 0 Å². The minimum atomic E-state index is 0.563. The predicted molar refractivity (Wildman–Crippen MR) is 108 cm³/mol. The van der Waals surface area contributed by atoms with Gasteiger partial charge in [-0.2, -0.15) is 5.10 Å². The molecule has 1 heterocycles. The van der Waals surface area contributed by atoms with E-state index in [4.69, 9.17) is 5.73 Å². The second-order valence-electron chi connectivity index (χ2n) is 5.01. The maximum atomic E-state index is 11.2.